The number of fused-ring (bicyclic) bond motifs is 6. The highest BCUT2D eigenvalue weighted by Crippen LogP contribution is 2.41. The van der Waals surface area contributed by atoms with Crippen LogP contribution in [0.1, 0.15) is 0 Å². The number of benzene rings is 6. The molecule has 6 aromatic carbocycles. The summed E-state index contributed by atoms with van der Waals surface area (Å²) in [5, 5.41) is 5.19. The molecular weight excluding hydrogens is 478 g/mol. The highest BCUT2D eigenvalue weighted by Gasteiger charge is 2.13. The Kier molecular flexibility index (Phi) is 4.76. The number of aromatic amines is 1. The maximum atomic E-state index is 3.64. The first-order chi connectivity index (χ1) is 18.8. The molecule has 0 amide bonds. The zero-order valence-corrected chi connectivity index (χ0v) is 21.4. The van der Waals surface area contributed by atoms with E-state index in [0.29, 0.717) is 0 Å². The van der Waals surface area contributed by atoms with Crippen LogP contribution in [0.15, 0.2) is 133 Å². The molecule has 2 heterocycles. The first-order valence-electron chi connectivity index (χ1n) is 12.9. The Hall–Kier alpha value is -4.66. The highest BCUT2D eigenvalue weighted by atomic mass is 32.1. The van der Waals surface area contributed by atoms with Gasteiger partial charge < -0.3 is 4.98 Å². The Morgan fingerprint density at radius 1 is 0.395 bits per heavy atom. The van der Waals surface area contributed by atoms with Crippen LogP contribution in [0, 0.1) is 0 Å². The molecule has 38 heavy (non-hydrogen) atoms. The molecule has 0 bridgehead atoms. The van der Waals surface area contributed by atoms with E-state index in [9.17, 15) is 0 Å². The molecule has 0 radical (unpaired) electrons. The summed E-state index contributed by atoms with van der Waals surface area (Å²) in [5.74, 6) is 0. The van der Waals surface area contributed by atoms with Gasteiger partial charge in [0.1, 0.15) is 0 Å². The van der Waals surface area contributed by atoms with Gasteiger partial charge in [-0.25, -0.2) is 0 Å². The number of H-pyrrole nitrogens is 1. The molecule has 1 nitrogen and oxygen atoms in total. The van der Waals surface area contributed by atoms with E-state index in [4.69, 9.17) is 0 Å². The predicted molar refractivity (Wildman–Crippen MR) is 165 cm³/mol. The molecule has 8 rings (SSSR count). The standard InChI is InChI=1S/C36H23NS/c1-2-9-23(10-3-1)26-11-4-5-12-27(26)24-17-19-33-31(21-24)32-22-25(18-20-34(32)37-33)28-14-8-15-30-29-13-6-7-16-35(29)38-36(28)30/h1-22,37H. The number of thiophene rings is 1. The lowest BCUT2D eigenvalue weighted by Gasteiger charge is -2.10. The lowest BCUT2D eigenvalue weighted by atomic mass is 9.93. The second-order valence-corrected chi connectivity index (χ2v) is 10.9. The molecule has 178 valence electrons. The Balaban J connectivity index is 1.32. The van der Waals surface area contributed by atoms with Gasteiger partial charge in [-0.05, 0) is 63.7 Å². The minimum atomic E-state index is 1.16. The third-order valence-corrected chi connectivity index (χ3v) is 8.86. The van der Waals surface area contributed by atoms with E-state index in [2.05, 4.69) is 138 Å². The van der Waals surface area contributed by atoms with Crippen LogP contribution in [0.5, 0.6) is 0 Å². The third-order valence-electron chi connectivity index (χ3n) is 7.64. The van der Waals surface area contributed by atoms with Crippen LogP contribution in [-0.4, -0.2) is 4.98 Å². The summed E-state index contributed by atoms with van der Waals surface area (Å²) >= 11 is 1.89. The zero-order chi connectivity index (χ0) is 25.1. The summed E-state index contributed by atoms with van der Waals surface area (Å²) < 4.78 is 2.69. The second-order valence-electron chi connectivity index (χ2n) is 9.84. The van der Waals surface area contributed by atoms with Crippen LogP contribution >= 0.6 is 11.3 Å². The lowest BCUT2D eigenvalue weighted by Crippen LogP contribution is -1.85. The van der Waals surface area contributed by atoms with Crippen molar-refractivity contribution in [3.8, 4) is 33.4 Å². The van der Waals surface area contributed by atoms with E-state index in [1.807, 2.05) is 11.3 Å². The van der Waals surface area contributed by atoms with Crippen molar-refractivity contribution < 1.29 is 0 Å². The second kappa shape index (κ2) is 8.44. The molecule has 0 fully saturated rings. The van der Waals surface area contributed by atoms with Crippen molar-refractivity contribution in [2.24, 2.45) is 0 Å². The third kappa shape index (κ3) is 3.31. The SMILES string of the molecule is c1ccc(-c2ccccc2-c2ccc3[nH]c4ccc(-c5cccc6c5sc5ccccc56)cc4c3c2)cc1. The quantitative estimate of drug-likeness (QED) is 0.248. The van der Waals surface area contributed by atoms with Gasteiger partial charge >= 0.3 is 0 Å². The average Bonchev–Trinajstić information content (AvgIpc) is 3.55. The molecule has 8 aromatic rings. The van der Waals surface area contributed by atoms with Crippen LogP contribution in [0.2, 0.25) is 0 Å². The number of rotatable bonds is 3. The van der Waals surface area contributed by atoms with E-state index in [1.54, 1.807) is 0 Å². The van der Waals surface area contributed by atoms with Crippen molar-refractivity contribution in [2.75, 3.05) is 0 Å². The molecule has 0 aliphatic heterocycles. The van der Waals surface area contributed by atoms with Gasteiger partial charge in [0.05, 0.1) is 0 Å². The number of aromatic nitrogens is 1. The van der Waals surface area contributed by atoms with Gasteiger partial charge in [-0.2, -0.15) is 0 Å². The molecule has 2 heteroatoms. The summed E-state index contributed by atoms with van der Waals surface area (Å²) in [6.07, 6.45) is 0. The van der Waals surface area contributed by atoms with E-state index in [-0.39, 0.29) is 0 Å². The summed E-state index contributed by atoms with van der Waals surface area (Å²) in [6, 6.07) is 48.4. The van der Waals surface area contributed by atoms with E-state index in [0.717, 1.165) is 5.52 Å². The van der Waals surface area contributed by atoms with Gasteiger partial charge in [-0.15, -0.1) is 11.3 Å². The summed E-state index contributed by atoms with van der Waals surface area (Å²) in [4.78, 5) is 3.64. The summed E-state index contributed by atoms with van der Waals surface area (Å²) in [7, 11) is 0. The normalized spacial score (nSPS) is 11.7. The van der Waals surface area contributed by atoms with Crippen LogP contribution in [0.4, 0.5) is 0 Å². The van der Waals surface area contributed by atoms with Crippen LogP contribution in [0.3, 0.4) is 0 Å². The molecule has 2 aromatic heterocycles. The van der Waals surface area contributed by atoms with Crippen molar-refractivity contribution in [3.63, 3.8) is 0 Å². The first-order valence-corrected chi connectivity index (χ1v) is 13.8. The fourth-order valence-electron chi connectivity index (χ4n) is 5.81. The largest absolute Gasteiger partial charge is 0.355 e. The molecular formula is C36H23NS. The molecule has 1 N–H and O–H groups in total. The molecule has 0 spiro atoms. The van der Waals surface area contributed by atoms with Crippen LogP contribution < -0.4 is 0 Å². The van der Waals surface area contributed by atoms with Crippen LogP contribution in [-0.2, 0) is 0 Å². The molecule has 0 saturated heterocycles. The molecule has 0 saturated carbocycles. The van der Waals surface area contributed by atoms with Gasteiger partial charge in [0.15, 0.2) is 0 Å². The Labute approximate surface area is 224 Å². The van der Waals surface area contributed by atoms with Gasteiger partial charge in [0.25, 0.3) is 0 Å². The van der Waals surface area contributed by atoms with Gasteiger partial charge in [0.2, 0.25) is 0 Å². The fourth-order valence-corrected chi connectivity index (χ4v) is 7.05. The van der Waals surface area contributed by atoms with Crippen LogP contribution in [0.25, 0.3) is 75.4 Å². The van der Waals surface area contributed by atoms with Crippen molar-refractivity contribution in [1.82, 2.24) is 4.98 Å². The zero-order valence-electron chi connectivity index (χ0n) is 20.6. The maximum absolute atomic E-state index is 3.64. The molecule has 0 aliphatic carbocycles. The average molecular weight is 502 g/mol. The molecule has 0 aliphatic rings. The minimum absolute atomic E-state index is 1.16. The van der Waals surface area contributed by atoms with Crippen molar-refractivity contribution in [1.29, 1.82) is 0 Å². The Morgan fingerprint density at radius 3 is 1.74 bits per heavy atom. The Bertz CT molecular complexity index is 2130. The van der Waals surface area contributed by atoms with Crippen molar-refractivity contribution >= 4 is 53.3 Å². The minimum Gasteiger partial charge on any atom is -0.355 e. The van der Waals surface area contributed by atoms with Gasteiger partial charge in [-0.1, -0.05) is 103 Å². The number of hydrogen-bond donors (Lipinski definition) is 1. The number of nitrogens with one attached hydrogen (secondary N) is 1. The predicted octanol–water partition coefficient (Wildman–Crippen LogP) is 10.7. The highest BCUT2D eigenvalue weighted by molar-refractivity contribution is 7.26. The summed E-state index contributed by atoms with van der Waals surface area (Å²) in [5.41, 5.74) is 9.86. The first kappa shape index (κ1) is 21.4. The van der Waals surface area contributed by atoms with Gasteiger partial charge in [0, 0.05) is 42.0 Å². The number of hydrogen-bond acceptors (Lipinski definition) is 1. The van der Waals surface area contributed by atoms with Crippen molar-refractivity contribution in [3.05, 3.63) is 133 Å². The lowest BCUT2D eigenvalue weighted by molar-refractivity contribution is 1.54. The van der Waals surface area contributed by atoms with Gasteiger partial charge in [-0.3, -0.25) is 0 Å². The molecule has 0 unspecified atom stereocenters. The van der Waals surface area contributed by atoms with E-state index >= 15 is 0 Å². The topological polar surface area (TPSA) is 15.8 Å². The summed E-state index contributed by atoms with van der Waals surface area (Å²) in [6.45, 7) is 0. The Morgan fingerprint density at radius 2 is 0.974 bits per heavy atom. The van der Waals surface area contributed by atoms with Crippen molar-refractivity contribution in [2.45, 2.75) is 0 Å². The smallest absolute Gasteiger partial charge is 0.0465 e. The van der Waals surface area contributed by atoms with E-state index < -0.39 is 0 Å². The fraction of sp³-hybridized carbons (Fsp3) is 0. The monoisotopic (exact) mass is 501 g/mol. The molecule has 0 atom stereocenters. The maximum Gasteiger partial charge on any atom is 0.0465 e. The van der Waals surface area contributed by atoms with E-state index in [1.165, 1.54) is 69.8 Å².